The van der Waals surface area contributed by atoms with E-state index in [1.165, 1.54) is 25.7 Å². The van der Waals surface area contributed by atoms with Crippen LogP contribution in [0.1, 0.15) is 47.0 Å². The van der Waals surface area contributed by atoms with E-state index in [2.05, 4.69) is 19.9 Å². The lowest BCUT2D eigenvalue weighted by Crippen LogP contribution is -1.81. The van der Waals surface area contributed by atoms with Crippen LogP contribution in [0.25, 0.3) is 0 Å². The molecule has 1 aliphatic carbocycles. The van der Waals surface area contributed by atoms with E-state index in [-0.39, 0.29) is 7.43 Å². The van der Waals surface area contributed by atoms with E-state index in [0.717, 1.165) is 5.92 Å². The summed E-state index contributed by atoms with van der Waals surface area (Å²) in [6, 6.07) is 0. The van der Waals surface area contributed by atoms with Crippen molar-refractivity contribution in [1.82, 2.24) is 0 Å². The largest absolute Gasteiger partial charge is 0.0828 e. The third-order valence-corrected chi connectivity index (χ3v) is 1.81. The van der Waals surface area contributed by atoms with E-state index in [1.807, 2.05) is 0 Å². The molecule has 1 aliphatic rings. The topological polar surface area (TPSA) is 0 Å². The van der Waals surface area contributed by atoms with Crippen LogP contribution in [-0.2, 0) is 0 Å². The molecule has 0 atom stereocenters. The van der Waals surface area contributed by atoms with E-state index in [4.69, 9.17) is 0 Å². The van der Waals surface area contributed by atoms with Crippen LogP contribution in [0.5, 0.6) is 0 Å². The maximum Gasteiger partial charge on any atom is -0.0288 e. The van der Waals surface area contributed by atoms with Gasteiger partial charge in [0, 0.05) is 0 Å². The molecule has 0 aromatic heterocycles. The summed E-state index contributed by atoms with van der Waals surface area (Å²) < 4.78 is 0. The highest BCUT2D eigenvalue weighted by atomic mass is 14.1. The Bertz CT molecular complexity index is 101. The summed E-state index contributed by atoms with van der Waals surface area (Å²) in [5, 5.41) is 0. The normalized spacial score (nSPS) is 17.3. The molecular formula is C10H20. The first-order chi connectivity index (χ1) is 4.29. The average molecular weight is 140 g/mol. The molecule has 10 heavy (non-hydrogen) atoms. The molecule has 0 amide bonds. The summed E-state index contributed by atoms with van der Waals surface area (Å²) in [6.45, 7) is 4.51. The molecule has 0 N–H and O–H groups in total. The molecule has 1 rings (SSSR count). The fourth-order valence-corrected chi connectivity index (χ4v) is 1.47. The lowest BCUT2D eigenvalue weighted by Gasteiger charge is -1.97. The highest BCUT2D eigenvalue weighted by Crippen LogP contribution is 2.24. The van der Waals surface area contributed by atoms with Crippen LogP contribution in [0, 0.1) is 5.92 Å². The Morgan fingerprint density at radius 3 is 2.10 bits per heavy atom. The molecule has 0 aliphatic heterocycles. The van der Waals surface area contributed by atoms with Crippen molar-refractivity contribution in [3.8, 4) is 0 Å². The first-order valence-electron chi connectivity index (χ1n) is 3.98. The van der Waals surface area contributed by atoms with E-state index in [9.17, 15) is 0 Å². The van der Waals surface area contributed by atoms with Crippen molar-refractivity contribution >= 4 is 0 Å². The maximum absolute atomic E-state index is 2.42. The van der Waals surface area contributed by atoms with E-state index < -0.39 is 0 Å². The average Bonchev–Trinajstić information content (AvgIpc) is 2.15. The van der Waals surface area contributed by atoms with Crippen LogP contribution >= 0.6 is 0 Å². The predicted molar refractivity (Wildman–Crippen MR) is 48.1 cm³/mol. The number of allylic oxidation sites excluding steroid dienone is 2. The molecule has 1 fully saturated rings. The zero-order chi connectivity index (χ0) is 6.69. The summed E-state index contributed by atoms with van der Waals surface area (Å²) in [6.07, 6.45) is 8.03. The molecule has 0 aromatic rings. The summed E-state index contributed by atoms with van der Waals surface area (Å²) >= 11 is 0. The number of hydrogen-bond donors (Lipinski definition) is 0. The van der Waals surface area contributed by atoms with E-state index in [0.29, 0.717) is 0 Å². The molecule has 0 aromatic carbocycles. The Kier molecular flexibility index (Phi) is 4.42. The monoisotopic (exact) mass is 140 g/mol. The van der Waals surface area contributed by atoms with Crippen molar-refractivity contribution in [1.29, 1.82) is 0 Å². The molecule has 0 radical (unpaired) electrons. The molecular weight excluding hydrogens is 120 g/mol. The third kappa shape index (κ3) is 3.05. The Morgan fingerprint density at radius 1 is 1.20 bits per heavy atom. The molecule has 60 valence electrons. The van der Waals surface area contributed by atoms with E-state index in [1.54, 1.807) is 5.57 Å². The molecule has 0 heteroatoms. The second-order valence-electron chi connectivity index (χ2n) is 3.28. The van der Waals surface area contributed by atoms with Crippen molar-refractivity contribution in [3.63, 3.8) is 0 Å². The minimum atomic E-state index is 0. The van der Waals surface area contributed by atoms with Gasteiger partial charge in [-0.25, -0.2) is 0 Å². The van der Waals surface area contributed by atoms with Gasteiger partial charge in [-0.3, -0.25) is 0 Å². The zero-order valence-corrected chi connectivity index (χ0v) is 6.48. The highest BCUT2D eigenvalue weighted by molar-refractivity contribution is 5.06. The second kappa shape index (κ2) is 4.54. The van der Waals surface area contributed by atoms with Crippen LogP contribution in [0.15, 0.2) is 11.6 Å². The number of rotatable bonds is 1. The van der Waals surface area contributed by atoms with Crippen LogP contribution in [0.4, 0.5) is 0 Å². The summed E-state index contributed by atoms with van der Waals surface area (Å²) in [7, 11) is 0. The fraction of sp³-hybridized carbons (Fsp3) is 0.800. The van der Waals surface area contributed by atoms with Crippen molar-refractivity contribution in [2.45, 2.75) is 47.0 Å². The molecule has 0 unspecified atom stereocenters. The van der Waals surface area contributed by atoms with Gasteiger partial charge < -0.3 is 0 Å². The van der Waals surface area contributed by atoms with Gasteiger partial charge in [0.1, 0.15) is 0 Å². The summed E-state index contributed by atoms with van der Waals surface area (Å²) in [5.74, 6) is 0.762. The van der Waals surface area contributed by atoms with Crippen LogP contribution < -0.4 is 0 Å². The minimum Gasteiger partial charge on any atom is -0.0828 e. The summed E-state index contributed by atoms with van der Waals surface area (Å²) in [5.41, 5.74) is 1.70. The molecule has 0 saturated heterocycles. The molecule has 0 nitrogen and oxygen atoms in total. The Labute approximate surface area is 65.3 Å². The van der Waals surface area contributed by atoms with Gasteiger partial charge in [0.25, 0.3) is 0 Å². The quantitative estimate of drug-likeness (QED) is 0.486. The standard InChI is InChI=1S/C9H16.CH4/c1-8(2)7-9-5-3-4-6-9;/h7-8H,3-6H2,1-2H3;1H4. The molecule has 0 bridgehead atoms. The zero-order valence-electron chi connectivity index (χ0n) is 6.48. The SMILES string of the molecule is C.CC(C)C=C1CCCC1. The lowest BCUT2D eigenvalue weighted by atomic mass is 10.1. The van der Waals surface area contributed by atoms with Gasteiger partial charge in [0.15, 0.2) is 0 Å². The Hall–Kier alpha value is -0.260. The maximum atomic E-state index is 2.42. The Morgan fingerprint density at radius 2 is 1.70 bits per heavy atom. The fourth-order valence-electron chi connectivity index (χ4n) is 1.47. The van der Waals surface area contributed by atoms with Crippen molar-refractivity contribution in [2.75, 3.05) is 0 Å². The third-order valence-electron chi connectivity index (χ3n) is 1.81. The first kappa shape index (κ1) is 9.74. The molecule has 0 spiro atoms. The van der Waals surface area contributed by atoms with Gasteiger partial charge >= 0.3 is 0 Å². The van der Waals surface area contributed by atoms with E-state index >= 15 is 0 Å². The highest BCUT2D eigenvalue weighted by Gasteiger charge is 2.05. The smallest absolute Gasteiger partial charge is 0.0288 e. The molecule has 1 saturated carbocycles. The van der Waals surface area contributed by atoms with Crippen molar-refractivity contribution in [3.05, 3.63) is 11.6 Å². The van der Waals surface area contributed by atoms with Crippen molar-refractivity contribution < 1.29 is 0 Å². The van der Waals surface area contributed by atoms with Crippen LogP contribution in [0.2, 0.25) is 0 Å². The van der Waals surface area contributed by atoms with Gasteiger partial charge in [0.05, 0.1) is 0 Å². The van der Waals surface area contributed by atoms with Crippen LogP contribution in [0.3, 0.4) is 0 Å². The van der Waals surface area contributed by atoms with Crippen molar-refractivity contribution in [2.24, 2.45) is 5.92 Å². The van der Waals surface area contributed by atoms with Gasteiger partial charge in [-0.1, -0.05) is 32.9 Å². The second-order valence-corrected chi connectivity index (χ2v) is 3.28. The predicted octanol–water partition coefficient (Wildman–Crippen LogP) is 3.78. The summed E-state index contributed by atoms with van der Waals surface area (Å²) in [4.78, 5) is 0. The Balaban J connectivity index is 0.000000810. The minimum absolute atomic E-state index is 0. The van der Waals surface area contributed by atoms with Gasteiger partial charge in [-0.2, -0.15) is 0 Å². The first-order valence-corrected chi connectivity index (χ1v) is 3.98. The molecule has 0 heterocycles. The van der Waals surface area contributed by atoms with Gasteiger partial charge in [-0.05, 0) is 31.6 Å². The van der Waals surface area contributed by atoms with Gasteiger partial charge in [0.2, 0.25) is 0 Å². The number of hydrogen-bond acceptors (Lipinski definition) is 0. The van der Waals surface area contributed by atoms with Crippen LogP contribution in [-0.4, -0.2) is 0 Å². The lowest BCUT2D eigenvalue weighted by molar-refractivity contribution is 0.813. The van der Waals surface area contributed by atoms with Gasteiger partial charge in [-0.15, -0.1) is 0 Å².